The zero-order valence-electron chi connectivity index (χ0n) is 13.9. The van der Waals surface area contributed by atoms with Crippen LogP contribution in [0.15, 0.2) is 0 Å². The van der Waals surface area contributed by atoms with Crippen molar-refractivity contribution in [3.05, 3.63) is 0 Å². The molecule has 0 radical (unpaired) electrons. The molecule has 0 unspecified atom stereocenters. The fraction of sp³-hybridized carbons (Fsp3) is 0.944. The molecule has 2 fully saturated rings. The van der Waals surface area contributed by atoms with E-state index in [2.05, 4.69) is 17.1 Å². The number of unbranched alkanes of at least 4 members (excludes halogenated alkanes) is 8. The number of fused-ring (bicyclic) bond motifs is 1. The third-order valence-electron chi connectivity index (χ3n) is 5.26. The predicted octanol–water partition coefficient (Wildman–Crippen LogP) is 3.73. The van der Waals surface area contributed by atoms with Gasteiger partial charge >= 0.3 is 0 Å². The topological polar surface area (TPSA) is 32.3 Å². The quantitative estimate of drug-likeness (QED) is 0.623. The molecular weight excluding hydrogens is 260 g/mol. The Hall–Kier alpha value is -0.570. The van der Waals surface area contributed by atoms with Gasteiger partial charge in [-0.25, -0.2) is 0 Å². The first-order valence-electron chi connectivity index (χ1n) is 9.33. The van der Waals surface area contributed by atoms with Crippen LogP contribution < -0.4 is 5.32 Å². The summed E-state index contributed by atoms with van der Waals surface area (Å²) >= 11 is 0. The van der Waals surface area contributed by atoms with Gasteiger partial charge in [0.15, 0.2) is 0 Å². The fourth-order valence-corrected chi connectivity index (χ4v) is 3.89. The highest BCUT2D eigenvalue weighted by Crippen LogP contribution is 2.27. The monoisotopic (exact) mass is 294 g/mol. The first kappa shape index (κ1) is 16.8. The minimum Gasteiger partial charge on any atom is -0.338 e. The summed E-state index contributed by atoms with van der Waals surface area (Å²) in [5, 5.41) is 3.42. The van der Waals surface area contributed by atoms with Gasteiger partial charge in [0.2, 0.25) is 5.91 Å². The van der Waals surface area contributed by atoms with Crippen LogP contribution in [-0.2, 0) is 4.79 Å². The molecule has 2 aliphatic heterocycles. The number of likely N-dealkylation sites (tertiary alicyclic amines) is 1. The second-order valence-corrected chi connectivity index (χ2v) is 6.94. The van der Waals surface area contributed by atoms with Crippen LogP contribution in [0.4, 0.5) is 0 Å². The number of carbonyl (C=O) groups is 1. The Morgan fingerprint density at radius 1 is 1.00 bits per heavy atom. The molecule has 0 bridgehead atoms. The number of carbonyl (C=O) groups excluding carboxylic acids is 1. The molecule has 0 aliphatic carbocycles. The summed E-state index contributed by atoms with van der Waals surface area (Å²) in [6.07, 6.45) is 13.9. The van der Waals surface area contributed by atoms with Gasteiger partial charge in [0.25, 0.3) is 0 Å². The van der Waals surface area contributed by atoms with E-state index in [1.54, 1.807) is 0 Å². The largest absolute Gasteiger partial charge is 0.338 e. The number of nitrogens with zero attached hydrogens (tertiary/aromatic N) is 1. The van der Waals surface area contributed by atoms with Gasteiger partial charge in [-0.2, -0.15) is 0 Å². The molecule has 3 nitrogen and oxygen atoms in total. The predicted molar refractivity (Wildman–Crippen MR) is 88.3 cm³/mol. The zero-order valence-corrected chi connectivity index (χ0v) is 13.9. The molecular formula is C18H34N2O. The number of hydrogen-bond donors (Lipinski definition) is 1. The van der Waals surface area contributed by atoms with Gasteiger partial charge in [0.1, 0.15) is 0 Å². The van der Waals surface area contributed by atoms with Gasteiger partial charge in [0.05, 0.1) is 0 Å². The normalized spacial score (nSPS) is 24.5. The van der Waals surface area contributed by atoms with Crippen LogP contribution in [-0.4, -0.2) is 36.5 Å². The SMILES string of the molecule is CCCCCCCCCCCC(=O)N1CC[C@H]2CNC[C@H]21. The highest BCUT2D eigenvalue weighted by Gasteiger charge is 2.39. The molecule has 2 aliphatic rings. The molecule has 0 aromatic rings. The lowest BCUT2D eigenvalue weighted by Gasteiger charge is -2.23. The third kappa shape index (κ3) is 5.28. The molecule has 122 valence electrons. The van der Waals surface area contributed by atoms with E-state index in [0.717, 1.165) is 38.4 Å². The smallest absolute Gasteiger partial charge is 0.222 e. The Bertz CT molecular complexity index is 306. The zero-order chi connectivity index (χ0) is 14.9. The van der Waals surface area contributed by atoms with Crippen molar-refractivity contribution in [2.24, 2.45) is 5.92 Å². The molecule has 2 saturated heterocycles. The Labute approximate surface area is 130 Å². The van der Waals surface area contributed by atoms with E-state index in [1.165, 1.54) is 57.8 Å². The molecule has 2 atom stereocenters. The van der Waals surface area contributed by atoms with Crippen LogP contribution in [0.25, 0.3) is 0 Å². The van der Waals surface area contributed by atoms with Crippen molar-refractivity contribution in [2.75, 3.05) is 19.6 Å². The molecule has 21 heavy (non-hydrogen) atoms. The number of nitrogens with one attached hydrogen (secondary N) is 1. The number of rotatable bonds is 10. The van der Waals surface area contributed by atoms with E-state index in [9.17, 15) is 4.79 Å². The first-order chi connectivity index (χ1) is 10.3. The summed E-state index contributed by atoms with van der Waals surface area (Å²) in [6.45, 7) is 5.41. The van der Waals surface area contributed by atoms with Crippen molar-refractivity contribution in [3.8, 4) is 0 Å². The van der Waals surface area contributed by atoms with Crippen molar-refractivity contribution in [1.82, 2.24) is 10.2 Å². The number of hydrogen-bond acceptors (Lipinski definition) is 2. The fourth-order valence-electron chi connectivity index (χ4n) is 3.89. The summed E-state index contributed by atoms with van der Waals surface area (Å²) in [6, 6.07) is 0.510. The van der Waals surface area contributed by atoms with Gasteiger partial charge in [-0.3, -0.25) is 4.79 Å². The highest BCUT2D eigenvalue weighted by molar-refractivity contribution is 5.77. The minimum atomic E-state index is 0.411. The van der Waals surface area contributed by atoms with Crippen molar-refractivity contribution >= 4 is 5.91 Å². The second-order valence-electron chi connectivity index (χ2n) is 6.94. The summed E-state index contributed by atoms with van der Waals surface area (Å²) in [4.78, 5) is 14.5. The summed E-state index contributed by atoms with van der Waals surface area (Å²) in [5.74, 6) is 1.14. The second kappa shape index (κ2) is 9.45. The first-order valence-corrected chi connectivity index (χ1v) is 9.33. The molecule has 0 saturated carbocycles. The summed E-state index contributed by atoms with van der Waals surface area (Å²) in [5.41, 5.74) is 0. The summed E-state index contributed by atoms with van der Waals surface area (Å²) in [7, 11) is 0. The van der Waals surface area contributed by atoms with Crippen LogP contribution >= 0.6 is 0 Å². The van der Waals surface area contributed by atoms with Crippen molar-refractivity contribution < 1.29 is 4.79 Å². The molecule has 1 amide bonds. The average Bonchev–Trinajstić information content (AvgIpc) is 3.08. The molecule has 2 rings (SSSR count). The van der Waals surface area contributed by atoms with Crippen molar-refractivity contribution in [1.29, 1.82) is 0 Å². The Balaban J connectivity index is 1.46. The maximum atomic E-state index is 12.3. The number of amides is 1. The molecule has 1 N–H and O–H groups in total. The molecule has 3 heteroatoms. The Morgan fingerprint density at radius 3 is 2.38 bits per heavy atom. The van der Waals surface area contributed by atoms with Crippen LogP contribution in [0.5, 0.6) is 0 Å². The van der Waals surface area contributed by atoms with E-state index in [4.69, 9.17) is 0 Å². The minimum absolute atomic E-state index is 0.411. The van der Waals surface area contributed by atoms with Gasteiger partial charge in [0, 0.05) is 32.1 Å². The highest BCUT2D eigenvalue weighted by atomic mass is 16.2. The van der Waals surface area contributed by atoms with Gasteiger partial charge < -0.3 is 10.2 Å². The maximum Gasteiger partial charge on any atom is 0.222 e. The lowest BCUT2D eigenvalue weighted by Crippen LogP contribution is -2.38. The van der Waals surface area contributed by atoms with E-state index >= 15 is 0 Å². The van der Waals surface area contributed by atoms with Crippen LogP contribution in [0, 0.1) is 5.92 Å². The molecule has 0 spiro atoms. The standard InChI is InChI=1S/C18H34N2O/c1-2-3-4-5-6-7-8-9-10-11-18(21)20-13-12-16-14-19-15-17(16)20/h16-17,19H,2-15H2,1H3/t16-,17+/m0/s1. The maximum absolute atomic E-state index is 12.3. The molecule has 2 heterocycles. The van der Waals surface area contributed by atoms with Gasteiger partial charge in [-0.15, -0.1) is 0 Å². The van der Waals surface area contributed by atoms with E-state index < -0.39 is 0 Å². The van der Waals surface area contributed by atoms with Crippen LogP contribution in [0.2, 0.25) is 0 Å². The lowest BCUT2D eigenvalue weighted by atomic mass is 10.0. The summed E-state index contributed by atoms with van der Waals surface area (Å²) < 4.78 is 0. The lowest BCUT2D eigenvalue weighted by molar-refractivity contribution is -0.132. The van der Waals surface area contributed by atoms with E-state index in [-0.39, 0.29) is 0 Å². The van der Waals surface area contributed by atoms with Crippen LogP contribution in [0.3, 0.4) is 0 Å². The van der Waals surface area contributed by atoms with E-state index in [1.807, 2.05) is 0 Å². The van der Waals surface area contributed by atoms with Gasteiger partial charge in [-0.05, 0) is 18.8 Å². The van der Waals surface area contributed by atoms with Gasteiger partial charge in [-0.1, -0.05) is 58.3 Å². The Morgan fingerprint density at radius 2 is 1.67 bits per heavy atom. The molecule has 0 aromatic carbocycles. The van der Waals surface area contributed by atoms with Crippen molar-refractivity contribution in [2.45, 2.75) is 83.6 Å². The van der Waals surface area contributed by atoms with E-state index in [0.29, 0.717) is 11.9 Å². The molecule has 0 aromatic heterocycles. The van der Waals surface area contributed by atoms with Crippen molar-refractivity contribution in [3.63, 3.8) is 0 Å². The third-order valence-corrected chi connectivity index (χ3v) is 5.26. The van der Waals surface area contributed by atoms with Crippen LogP contribution in [0.1, 0.15) is 77.6 Å². The average molecular weight is 294 g/mol. The Kier molecular flexibility index (Phi) is 7.56.